The van der Waals surface area contributed by atoms with Crippen LogP contribution in [0.3, 0.4) is 0 Å². The van der Waals surface area contributed by atoms with Crippen LogP contribution < -0.4 is 10.5 Å². The van der Waals surface area contributed by atoms with E-state index in [-0.39, 0.29) is 18.0 Å². The maximum absolute atomic E-state index is 12.3. The molecule has 3 N–H and O–H groups in total. The molecule has 2 heterocycles. The predicted octanol–water partition coefficient (Wildman–Crippen LogP) is 1.47. The molecule has 0 aliphatic carbocycles. The maximum atomic E-state index is 12.3. The molecular formula is C13H18N2O4S. The molecule has 6 nitrogen and oxygen atoms in total. The fourth-order valence-corrected chi connectivity index (χ4v) is 3.62. The molecule has 0 fully saturated rings. The van der Waals surface area contributed by atoms with Crippen LogP contribution in [0.2, 0.25) is 0 Å². The van der Waals surface area contributed by atoms with Crippen LogP contribution in [0.5, 0.6) is 0 Å². The van der Waals surface area contributed by atoms with E-state index in [4.69, 9.17) is 14.6 Å². The van der Waals surface area contributed by atoms with Crippen LogP contribution in [0.1, 0.15) is 22.8 Å². The third kappa shape index (κ3) is 2.95. The molecule has 0 spiro atoms. The average Bonchev–Trinajstić information content (AvgIpc) is 2.96. The van der Waals surface area contributed by atoms with Gasteiger partial charge in [-0.2, -0.15) is 0 Å². The van der Waals surface area contributed by atoms with Crippen molar-refractivity contribution in [3.8, 4) is 0 Å². The highest BCUT2D eigenvalue weighted by atomic mass is 32.2. The highest BCUT2D eigenvalue weighted by molar-refractivity contribution is 7.89. The highest BCUT2D eigenvalue weighted by Gasteiger charge is 2.25. The van der Waals surface area contributed by atoms with Gasteiger partial charge in [0, 0.05) is 25.1 Å². The molecule has 0 amide bonds. The van der Waals surface area contributed by atoms with Crippen LogP contribution in [0.15, 0.2) is 32.1 Å². The first-order chi connectivity index (χ1) is 9.45. The third-order valence-corrected chi connectivity index (χ3v) is 4.70. The molecule has 110 valence electrons. The third-order valence-electron chi connectivity index (χ3n) is 3.04. The number of sulfonamides is 1. The molecular weight excluding hydrogens is 280 g/mol. The molecule has 7 heteroatoms. The van der Waals surface area contributed by atoms with E-state index in [0.29, 0.717) is 23.5 Å². The van der Waals surface area contributed by atoms with Gasteiger partial charge in [0.05, 0.1) is 6.26 Å². The van der Waals surface area contributed by atoms with Gasteiger partial charge in [0.2, 0.25) is 10.0 Å². The summed E-state index contributed by atoms with van der Waals surface area (Å²) in [5.41, 5.74) is 6.12. The summed E-state index contributed by atoms with van der Waals surface area (Å²) in [5, 5.41) is 0. The quantitative estimate of drug-likeness (QED) is 0.841. The van der Waals surface area contributed by atoms with Crippen molar-refractivity contribution in [2.24, 2.45) is 5.73 Å². The number of rotatable bonds is 6. The fraction of sp³-hybridized carbons (Fsp3) is 0.385. The lowest BCUT2D eigenvalue weighted by Gasteiger charge is -2.07. The van der Waals surface area contributed by atoms with Crippen LogP contribution in [0.25, 0.3) is 0 Å². The number of nitrogens with two attached hydrogens (primary N) is 1. The molecule has 0 atom stereocenters. The van der Waals surface area contributed by atoms with Crippen LogP contribution >= 0.6 is 0 Å². The molecule has 0 bridgehead atoms. The Labute approximate surface area is 118 Å². The van der Waals surface area contributed by atoms with Gasteiger partial charge in [-0.15, -0.1) is 0 Å². The normalized spacial score (nSPS) is 11.9. The fourth-order valence-electron chi connectivity index (χ4n) is 2.13. The highest BCUT2D eigenvalue weighted by Crippen LogP contribution is 2.25. The van der Waals surface area contributed by atoms with Gasteiger partial charge in [0.1, 0.15) is 22.2 Å². The topological polar surface area (TPSA) is 98.5 Å². The zero-order chi connectivity index (χ0) is 14.8. The van der Waals surface area contributed by atoms with Crippen molar-refractivity contribution in [3.63, 3.8) is 0 Å². The molecule has 20 heavy (non-hydrogen) atoms. The summed E-state index contributed by atoms with van der Waals surface area (Å²) in [7, 11) is -3.63. The summed E-state index contributed by atoms with van der Waals surface area (Å²) in [6.07, 6.45) is 2.04. The van der Waals surface area contributed by atoms with Crippen molar-refractivity contribution in [1.29, 1.82) is 0 Å². The smallest absolute Gasteiger partial charge is 0.244 e. The maximum Gasteiger partial charge on any atom is 0.244 e. The second-order valence-corrected chi connectivity index (χ2v) is 6.16. The second kappa shape index (κ2) is 5.82. The van der Waals surface area contributed by atoms with Crippen LogP contribution in [-0.2, 0) is 23.0 Å². The van der Waals surface area contributed by atoms with Crippen LogP contribution in [-0.4, -0.2) is 15.0 Å². The van der Waals surface area contributed by atoms with Gasteiger partial charge in [-0.05, 0) is 26.0 Å². The van der Waals surface area contributed by atoms with E-state index in [9.17, 15) is 8.42 Å². The van der Waals surface area contributed by atoms with E-state index in [2.05, 4.69) is 4.72 Å². The average molecular weight is 298 g/mol. The first-order valence-corrected chi connectivity index (χ1v) is 7.75. The summed E-state index contributed by atoms with van der Waals surface area (Å²) in [6, 6.07) is 3.56. The van der Waals surface area contributed by atoms with Gasteiger partial charge in [0.25, 0.3) is 0 Å². The Balaban J connectivity index is 2.14. The molecule has 2 aromatic rings. The molecule has 0 aromatic carbocycles. The van der Waals surface area contributed by atoms with Gasteiger partial charge in [-0.25, -0.2) is 13.1 Å². The standard InChI is InChI=1S/C13H18N2O4S/c1-9-12(8-14)13(10(2)19-9)20(16,17)15-6-5-11-4-3-7-18-11/h3-4,7,15H,5-6,8,14H2,1-2H3. The number of furan rings is 2. The van der Waals surface area contributed by atoms with Gasteiger partial charge in [0.15, 0.2) is 0 Å². The van der Waals surface area contributed by atoms with Gasteiger partial charge in [-0.1, -0.05) is 0 Å². The van der Waals surface area contributed by atoms with Crippen LogP contribution in [0, 0.1) is 13.8 Å². The van der Waals surface area contributed by atoms with Gasteiger partial charge < -0.3 is 14.6 Å². The number of hydrogen-bond donors (Lipinski definition) is 2. The lowest BCUT2D eigenvalue weighted by atomic mass is 10.2. The molecule has 0 saturated heterocycles. The minimum atomic E-state index is -3.63. The molecule has 0 unspecified atom stereocenters. The largest absolute Gasteiger partial charge is 0.469 e. The van der Waals surface area contributed by atoms with Crippen molar-refractivity contribution < 1.29 is 17.3 Å². The van der Waals surface area contributed by atoms with Crippen molar-refractivity contribution >= 4 is 10.0 Å². The molecule has 0 aliphatic heterocycles. The summed E-state index contributed by atoms with van der Waals surface area (Å²) in [4.78, 5) is 0.150. The first kappa shape index (κ1) is 14.8. The van der Waals surface area contributed by atoms with Crippen molar-refractivity contribution in [2.75, 3.05) is 6.54 Å². The molecule has 2 aromatic heterocycles. The van der Waals surface area contributed by atoms with Crippen molar-refractivity contribution in [1.82, 2.24) is 4.72 Å². The Hall–Kier alpha value is -1.57. The van der Waals surface area contributed by atoms with E-state index in [1.807, 2.05) is 0 Å². The van der Waals surface area contributed by atoms with E-state index < -0.39 is 10.0 Å². The summed E-state index contributed by atoms with van der Waals surface area (Å²) >= 11 is 0. The number of aryl methyl sites for hydroxylation is 2. The lowest BCUT2D eigenvalue weighted by molar-refractivity contribution is 0.493. The molecule has 2 rings (SSSR count). The van der Waals surface area contributed by atoms with E-state index in [1.165, 1.54) is 0 Å². The lowest BCUT2D eigenvalue weighted by Crippen LogP contribution is -2.27. The Morgan fingerprint density at radius 3 is 2.65 bits per heavy atom. The molecule has 0 radical (unpaired) electrons. The number of hydrogen-bond acceptors (Lipinski definition) is 5. The van der Waals surface area contributed by atoms with Crippen LogP contribution in [0.4, 0.5) is 0 Å². The van der Waals surface area contributed by atoms with E-state index >= 15 is 0 Å². The van der Waals surface area contributed by atoms with Crippen molar-refractivity contribution in [3.05, 3.63) is 41.2 Å². The summed E-state index contributed by atoms with van der Waals surface area (Å²) < 4.78 is 37.7. The van der Waals surface area contributed by atoms with Gasteiger partial charge in [-0.3, -0.25) is 0 Å². The van der Waals surface area contributed by atoms with Crippen molar-refractivity contribution in [2.45, 2.75) is 31.7 Å². The van der Waals surface area contributed by atoms with E-state index in [0.717, 1.165) is 5.76 Å². The Bertz CT molecular complexity index is 672. The Morgan fingerprint density at radius 1 is 1.30 bits per heavy atom. The minimum absolute atomic E-state index is 0.123. The number of nitrogens with one attached hydrogen (secondary N) is 1. The van der Waals surface area contributed by atoms with Gasteiger partial charge >= 0.3 is 0 Å². The molecule has 0 aliphatic rings. The monoisotopic (exact) mass is 298 g/mol. The minimum Gasteiger partial charge on any atom is -0.469 e. The predicted molar refractivity (Wildman–Crippen MR) is 73.7 cm³/mol. The summed E-state index contributed by atoms with van der Waals surface area (Å²) in [5.74, 6) is 1.62. The first-order valence-electron chi connectivity index (χ1n) is 6.26. The SMILES string of the molecule is Cc1oc(C)c(S(=O)(=O)NCCc2ccco2)c1CN. The summed E-state index contributed by atoms with van der Waals surface area (Å²) in [6.45, 7) is 3.70. The Kier molecular flexibility index (Phi) is 4.32. The zero-order valence-electron chi connectivity index (χ0n) is 11.5. The molecule has 0 saturated carbocycles. The zero-order valence-corrected chi connectivity index (χ0v) is 12.3. The second-order valence-electron chi connectivity index (χ2n) is 4.45. The van der Waals surface area contributed by atoms with E-state index in [1.54, 1.807) is 32.2 Å². The Morgan fingerprint density at radius 2 is 2.05 bits per heavy atom.